The molecule has 7 nitrogen and oxygen atoms in total. The van der Waals surface area contributed by atoms with Crippen LogP contribution in [0.3, 0.4) is 0 Å². The summed E-state index contributed by atoms with van der Waals surface area (Å²) in [5.74, 6) is 1.56. The Morgan fingerprint density at radius 1 is 1.12 bits per heavy atom. The van der Waals surface area contributed by atoms with Gasteiger partial charge in [0.1, 0.15) is 5.75 Å². The molecule has 1 saturated heterocycles. The van der Waals surface area contributed by atoms with E-state index < -0.39 is 0 Å². The highest BCUT2D eigenvalue weighted by molar-refractivity contribution is 14.0. The molecule has 1 aliphatic heterocycles. The minimum atomic E-state index is -0.0743. The van der Waals surface area contributed by atoms with E-state index in [0.29, 0.717) is 25.3 Å². The number of carbonyl (C=O) groups is 1. The van der Waals surface area contributed by atoms with Crippen LogP contribution in [0, 0.1) is 0 Å². The first-order valence-corrected chi connectivity index (χ1v) is 11.4. The maximum atomic E-state index is 12.5. The van der Waals surface area contributed by atoms with Crippen LogP contribution in [-0.2, 0) is 11.3 Å². The Hall–Kier alpha value is -2.33. The molecule has 0 aliphatic carbocycles. The van der Waals surface area contributed by atoms with Gasteiger partial charge in [-0.2, -0.15) is 0 Å². The summed E-state index contributed by atoms with van der Waals surface area (Å²) >= 11 is 0. The summed E-state index contributed by atoms with van der Waals surface area (Å²) in [6.45, 7) is 6.04. The van der Waals surface area contributed by atoms with Crippen molar-refractivity contribution >= 4 is 35.8 Å². The predicted molar refractivity (Wildman–Crippen MR) is 143 cm³/mol. The van der Waals surface area contributed by atoms with Crippen molar-refractivity contribution in [3.8, 4) is 5.75 Å². The van der Waals surface area contributed by atoms with Gasteiger partial charge in [0.05, 0.1) is 19.3 Å². The van der Waals surface area contributed by atoms with Gasteiger partial charge in [-0.05, 0) is 56.0 Å². The zero-order valence-corrected chi connectivity index (χ0v) is 21.5. The highest BCUT2D eigenvalue weighted by Gasteiger charge is 2.16. The number of aliphatic imine (C=N–C) groups is 1. The zero-order chi connectivity index (χ0) is 22.4. The summed E-state index contributed by atoms with van der Waals surface area (Å²) in [5, 5.41) is 9.56. The number of rotatable bonds is 11. The molecular weight excluding hydrogens is 531 g/mol. The molecule has 2 aromatic carbocycles. The first kappa shape index (κ1) is 26.9. The van der Waals surface area contributed by atoms with Crippen LogP contribution < -0.4 is 20.7 Å². The van der Waals surface area contributed by atoms with Gasteiger partial charge in [-0.25, -0.2) is 4.99 Å². The predicted octanol–water partition coefficient (Wildman–Crippen LogP) is 3.74. The molecule has 0 aromatic heterocycles. The maximum absolute atomic E-state index is 12.5. The van der Waals surface area contributed by atoms with Crippen LogP contribution in [-0.4, -0.2) is 50.8 Å². The SMILES string of the molecule is CCNC(=NCc1cccc(C(=O)NCC2CCCO2)c1)NCCCOc1ccccc1.I. The fourth-order valence-electron chi connectivity index (χ4n) is 3.42. The van der Waals surface area contributed by atoms with Gasteiger partial charge in [0, 0.05) is 31.8 Å². The van der Waals surface area contributed by atoms with Crippen LogP contribution >= 0.6 is 24.0 Å². The normalized spacial score (nSPS) is 15.4. The summed E-state index contributed by atoms with van der Waals surface area (Å²) in [7, 11) is 0. The van der Waals surface area contributed by atoms with E-state index in [0.717, 1.165) is 56.2 Å². The monoisotopic (exact) mass is 566 g/mol. The average Bonchev–Trinajstić information content (AvgIpc) is 3.35. The molecule has 1 aliphatic rings. The summed E-state index contributed by atoms with van der Waals surface area (Å²) in [5.41, 5.74) is 1.63. The summed E-state index contributed by atoms with van der Waals surface area (Å²) in [6.07, 6.45) is 3.07. The van der Waals surface area contributed by atoms with Crippen molar-refractivity contribution in [2.75, 3.05) is 32.8 Å². The number of para-hydroxylation sites is 1. The molecule has 3 N–H and O–H groups in total. The molecule has 8 heteroatoms. The fourth-order valence-corrected chi connectivity index (χ4v) is 3.42. The Morgan fingerprint density at radius 2 is 1.97 bits per heavy atom. The van der Waals surface area contributed by atoms with Gasteiger partial charge in [0.15, 0.2) is 5.96 Å². The molecule has 180 valence electrons. The Morgan fingerprint density at radius 3 is 2.73 bits per heavy atom. The Labute approximate surface area is 213 Å². The van der Waals surface area contributed by atoms with Crippen LogP contribution in [0.15, 0.2) is 59.6 Å². The Bertz CT molecular complexity index is 858. The average molecular weight is 566 g/mol. The molecule has 1 unspecified atom stereocenters. The standard InChI is InChI=1S/C25H34N4O3.HI/c1-2-26-25(27-14-8-16-31-22-11-4-3-5-12-22)29-18-20-9-6-10-21(17-20)24(30)28-19-23-13-7-15-32-23;/h3-6,9-12,17,23H,2,7-8,13-16,18-19H2,1H3,(H,28,30)(H2,26,27,29);1H. The largest absolute Gasteiger partial charge is 0.494 e. The lowest BCUT2D eigenvalue weighted by molar-refractivity contribution is 0.0857. The first-order chi connectivity index (χ1) is 15.7. The van der Waals surface area contributed by atoms with E-state index in [9.17, 15) is 4.79 Å². The van der Waals surface area contributed by atoms with Crippen LogP contribution in [0.25, 0.3) is 0 Å². The van der Waals surface area contributed by atoms with E-state index in [4.69, 9.17) is 9.47 Å². The van der Waals surface area contributed by atoms with E-state index in [1.54, 1.807) is 0 Å². The summed E-state index contributed by atoms with van der Waals surface area (Å²) in [6, 6.07) is 17.4. The number of hydrogen-bond acceptors (Lipinski definition) is 4. The number of hydrogen-bond donors (Lipinski definition) is 3. The van der Waals surface area contributed by atoms with Gasteiger partial charge in [-0.1, -0.05) is 30.3 Å². The molecule has 1 fully saturated rings. The van der Waals surface area contributed by atoms with E-state index in [1.165, 1.54) is 0 Å². The van der Waals surface area contributed by atoms with E-state index in [2.05, 4.69) is 20.9 Å². The third kappa shape index (κ3) is 10.00. The minimum absolute atomic E-state index is 0. The number of benzene rings is 2. The third-order valence-corrected chi connectivity index (χ3v) is 5.09. The number of nitrogens with one attached hydrogen (secondary N) is 3. The third-order valence-electron chi connectivity index (χ3n) is 5.09. The molecule has 3 rings (SSSR count). The lowest BCUT2D eigenvalue weighted by Gasteiger charge is -2.12. The zero-order valence-electron chi connectivity index (χ0n) is 19.2. The molecular formula is C25H35IN4O3. The van der Waals surface area contributed by atoms with E-state index >= 15 is 0 Å². The van der Waals surface area contributed by atoms with Crippen LogP contribution in [0.5, 0.6) is 5.75 Å². The smallest absolute Gasteiger partial charge is 0.251 e. The maximum Gasteiger partial charge on any atom is 0.251 e. The van der Waals surface area contributed by atoms with Crippen molar-refractivity contribution in [3.63, 3.8) is 0 Å². The lowest BCUT2D eigenvalue weighted by Crippen LogP contribution is -2.38. The number of halogens is 1. The van der Waals surface area contributed by atoms with Gasteiger partial charge in [0.25, 0.3) is 5.91 Å². The second-order valence-corrected chi connectivity index (χ2v) is 7.68. The van der Waals surface area contributed by atoms with Gasteiger partial charge >= 0.3 is 0 Å². The molecule has 0 spiro atoms. The molecule has 1 amide bonds. The van der Waals surface area contributed by atoms with Crippen molar-refractivity contribution < 1.29 is 14.3 Å². The van der Waals surface area contributed by atoms with Crippen molar-refractivity contribution in [3.05, 3.63) is 65.7 Å². The van der Waals surface area contributed by atoms with Crippen molar-refractivity contribution in [2.45, 2.75) is 38.8 Å². The molecule has 0 saturated carbocycles. The lowest BCUT2D eigenvalue weighted by atomic mass is 10.1. The molecule has 33 heavy (non-hydrogen) atoms. The molecule has 0 radical (unpaired) electrons. The molecule has 1 atom stereocenters. The summed E-state index contributed by atoms with van der Waals surface area (Å²) in [4.78, 5) is 17.1. The van der Waals surface area contributed by atoms with Gasteiger partial charge in [0.2, 0.25) is 0 Å². The number of amides is 1. The van der Waals surface area contributed by atoms with Crippen LogP contribution in [0.1, 0.15) is 42.1 Å². The van der Waals surface area contributed by atoms with E-state index in [1.807, 2.05) is 61.5 Å². The van der Waals surface area contributed by atoms with Crippen molar-refractivity contribution in [2.24, 2.45) is 4.99 Å². The molecule has 1 heterocycles. The first-order valence-electron chi connectivity index (χ1n) is 11.4. The van der Waals surface area contributed by atoms with Crippen molar-refractivity contribution in [1.29, 1.82) is 0 Å². The molecule has 0 bridgehead atoms. The number of nitrogens with zero attached hydrogens (tertiary/aromatic N) is 1. The topological polar surface area (TPSA) is 84.0 Å². The second-order valence-electron chi connectivity index (χ2n) is 7.68. The van der Waals surface area contributed by atoms with E-state index in [-0.39, 0.29) is 36.0 Å². The van der Waals surface area contributed by atoms with Crippen LogP contribution in [0.2, 0.25) is 0 Å². The highest BCUT2D eigenvalue weighted by Crippen LogP contribution is 2.12. The number of ether oxygens (including phenoxy) is 2. The Balaban J connectivity index is 0.00000385. The quantitative estimate of drug-likeness (QED) is 0.167. The van der Waals surface area contributed by atoms with Gasteiger partial charge < -0.3 is 25.4 Å². The van der Waals surface area contributed by atoms with Crippen LogP contribution in [0.4, 0.5) is 0 Å². The Kier molecular flexibility index (Phi) is 12.6. The van der Waals surface area contributed by atoms with Gasteiger partial charge in [-0.15, -0.1) is 24.0 Å². The summed E-state index contributed by atoms with van der Waals surface area (Å²) < 4.78 is 11.3. The minimum Gasteiger partial charge on any atom is -0.494 e. The highest BCUT2D eigenvalue weighted by atomic mass is 127. The number of guanidine groups is 1. The van der Waals surface area contributed by atoms with Crippen molar-refractivity contribution in [1.82, 2.24) is 16.0 Å². The molecule has 2 aromatic rings. The number of carbonyl (C=O) groups excluding carboxylic acids is 1. The van der Waals surface area contributed by atoms with Gasteiger partial charge in [-0.3, -0.25) is 4.79 Å². The fraction of sp³-hybridized carbons (Fsp3) is 0.440. The second kappa shape index (κ2) is 15.5.